The average molecular weight is 497 g/mol. The molecular formula is C31H36N4S. The zero-order valence-electron chi connectivity index (χ0n) is 21.3. The smallest absolute Gasteiger partial charge is 0.141 e. The maximum absolute atomic E-state index is 5.28. The van der Waals surface area contributed by atoms with E-state index >= 15 is 0 Å². The summed E-state index contributed by atoms with van der Waals surface area (Å²) in [5, 5.41) is 1.36. The van der Waals surface area contributed by atoms with E-state index in [1.54, 1.807) is 0 Å². The molecule has 0 bridgehead atoms. The van der Waals surface area contributed by atoms with Crippen molar-refractivity contribution in [1.82, 2.24) is 14.9 Å². The summed E-state index contributed by atoms with van der Waals surface area (Å²) in [5.41, 5.74) is 4.35. The van der Waals surface area contributed by atoms with Crippen molar-refractivity contribution >= 4 is 27.4 Å². The lowest BCUT2D eigenvalue weighted by Crippen LogP contribution is -2.35. The SMILES string of the molecule is CCN1CCc2c(sc3nc(CCc4ccccc4)nc(N4CCC(Cc5ccccc5)CC4)c23)C1. The summed E-state index contributed by atoms with van der Waals surface area (Å²) in [7, 11) is 0. The molecule has 0 N–H and O–H groups in total. The van der Waals surface area contributed by atoms with E-state index in [0.717, 1.165) is 63.7 Å². The third-order valence-corrected chi connectivity index (χ3v) is 9.13. The second-order valence-electron chi connectivity index (χ2n) is 10.4. The second-order valence-corrected chi connectivity index (χ2v) is 11.5. The van der Waals surface area contributed by atoms with Crippen LogP contribution in [-0.4, -0.2) is 41.0 Å². The van der Waals surface area contributed by atoms with Gasteiger partial charge in [0.05, 0.1) is 5.39 Å². The summed E-state index contributed by atoms with van der Waals surface area (Å²) in [4.78, 5) is 18.3. The number of aryl methyl sites for hydroxylation is 2. The fourth-order valence-corrected chi connectivity index (χ4v) is 7.15. The molecule has 6 rings (SSSR count). The molecule has 2 aromatic carbocycles. The summed E-state index contributed by atoms with van der Waals surface area (Å²) in [6, 6.07) is 21.7. The van der Waals surface area contributed by atoms with Crippen LogP contribution in [0.15, 0.2) is 60.7 Å². The first kappa shape index (κ1) is 23.6. The first-order chi connectivity index (χ1) is 17.8. The molecule has 0 amide bonds. The first-order valence-corrected chi connectivity index (χ1v) is 14.4. The van der Waals surface area contributed by atoms with Crippen LogP contribution in [0.25, 0.3) is 10.2 Å². The summed E-state index contributed by atoms with van der Waals surface area (Å²) in [6.45, 7) is 7.77. The predicted molar refractivity (Wildman–Crippen MR) is 151 cm³/mol. The molecule has 0 radical (unpaired) electrons. The monoisotopic (exact) mass is 496 g/mol. The van der Waals surface area contributed by atoms with Crippen LogP contribution in [0.5, 0.6) is 0 Å². The van der Waals surface area contributed by atoms with E-state index in [9.17, 15) is 0 Å². The Labute approximate surface area is 219 Å². The van der Waals surface area contributed by atoms with Crippen LogP contribution in [-0.2, 0) is 32.2 Å². The van der Waals surface area contributed by atoms with Gasteiger partial charge in [-0.15, -0.1) is 11.3 Å². The number of fused-ring (bicyclic) bond motifs is 3. The predicted octanol–water partition coefficient (Wildman–Crippen LogP) is 6.31. The Kier molecular flexibility index (Phi) is 7.02. The number of piperidine rings is 1. The zero-order chi connectivity index (χ0) is 24.3. The molecule has 4 nitrogen and oxygen atoms in total. The molecule has 0 unspecified atom stereocenters. The van der Waals surface area contributed by atoms with E-state index < -0.39 is 0 Å². The third-order valence-electron chi connectivity index (χ3n) is 8.02. The first-order valence-electron chi connectivity index (χ1n) is 13.6. The van der Waals surface area contributed by atoms with Crippen LogP contribution >= 0.6 is 11.3 Å². The molecule has 4 heterocycles. The molecule has 36 heavy (non-hydrogen) atoms. The van der Waals surface area contributed by atoms with Crippen LogP contribution in [0.1, 0.15) is 47.2 Å². The standard InChI is InChI=1S/C31H36N4S/c1-2-34-18-17-26-27(22-34)36-31-29(26)30(32-28(33-31)14-13-23-9-5-3-6-10-23)35-19-15-25(16-20-35)21-24-11-7-4-8-12-24/h3-12,25H,2,13-22H2,1H3. The van der Waals surface area contributed by atoms with Crippen molar-refractivity contribution < 1.29 is 0 Å². The van der Waals surface area contributed by atoms with Crippen LogP contribution in [0, 0.1) is 5.92 Å². The molecule has 5 heteroatoms. The van der Waals surface area contributed by atoms with Crippen molar-refractivity contribution in [3.63, 3.8) is 0 Å². The Morgan fingerprint density at radius 2 is 1.58 bits per heavy atom. The van der Waals surface area contributed by atoms with Gasteiger partial charge in [-0.1, -0.05) is 67.6 Å². The van der Waals surface area contributed by atoms with Crippen LogP contribution in [0.2, 0.25) is 0 Å². The Morgan fingerprint density at radius 1 is 0.861 bits per heavy atom. The Balaban J connectivity index is 1.27. The number of rotatable bonds is 7. The highest BCUT2D eigenvalue weighted by molar-refractivity contribution is 7.19. The van der Waals surface area contributed by atoms with Crippen LogP contribution in [0.3, 0.4) is 0 Å². The molecule has 1 saturated heterocycles. The number of likely N-dealkylation sites (N-methyl/N-ethyl adjacent to an activating group) is 1. The van der Waals surface area contributed by atoms with Gasteiger partial charge in [0, 0.05) is 37.5 Å². The van der Waals surface area contributed by atoms with Crippen molar-refractivity contribution in [3.8, 4) is 0 Å². The molecule has 0 saturated carbocycles. The zero-order valence-corrected chi connectivity index (χ0v) is 22.1. The molecule has 2 aliphatic heterocycles. The highest BCUT2D eigenvalue weighted by atomic mass is 32.1. The molecule has 2 aliphatic rings. The van der Waals surface area contributed by atoms with Crippen LogP contribution < -0.4 is 4.90 Å². The largest absolute Gasteiger partial charge is 0.356 e. The molecular weight excluding hydrogens is 460 g/mol. The van der Waals surface area contributed by atoms with Crippen LogP contribution in [0.4, 0.5) is 5.82 Å². The third kappa shape index (κ3) is 5.05. The second kappa shape index (κ2) is 10.7. The van der Waals surface area contributed by atoms with E-state index in [4.69, 9.17) is 9.97 Å². The van der Waals surface area contributed by atoms with Crippen molar-refractivity contribution in [2.24, 2.45) is 5.92 Å². The minimum Gasteiger partial charge on any atom is -0.356 e. The molecule has 2 aromatic heterocycles. The number of hydrogen-bond acceptors (Lipinski definition) is 5. The normalized spacial score (nSPS) is 17.0. The summed E-state index contributed by atoms with van der Waals surface area (Å²) in [5.74, 6) is 2.97. The maximum atomic E-state index is 5.28. The Bertz CT molecular complexity index is 1290. The lowest BCUT2D eigenvalue weighted by Gasteiger charge is -2.34. The van der Waals surface area contributed by atoms with Gasteiger partial charge >= 0.3 is 0 Å². The van der Waals surface area contributed by atoms with Gasteiger partial charge in [0.25, 0.3) is 0 Å². The van der Waals surface area contributed by atoms with Crippen molar-refractivity contribution in [2.45, 2.75) is 52.0 Å². The van der Waals surface area contributed by atoms with Crippen molar-refractivity contribution in [3.05, 3.63) is 88.1 Å². The molecule has 4 aromatic rings. The van der Waals surface area contributed by atoms with Gasteiger partial charge in [0.1, 0.15) is 16.5 Å². The fourth-order valence-electron chi connectivity index (χ4n) is 5.88. The van der Waals surface area contributed by atoms with Gasteiger partial charge < -0.3 is 4.90 Å². The van der Waals surface area contributed by atoms with E-state index in [1.165, 1.54) is 56.9 Å². The minimum absolute atomic E-state index is 0.757. The lowest BCUT2D eigenvalue weighted by atomic mass is 9.90. The van der Waals surface area contributed by atoms with E-state index in [2.05, 4.69) is 77.4 Å². The average Bonchev–Trinajstić information content (AvgIpc) is 3.30. The van der Waals surface area contributed by atoms with Crippen molar-refractivity contribution in [2.75, 3.05) is 31.1 Å². The quantitative estimate of drug-likeness (QED) is 0.300. The molecule has 0 spiro atoms. The highest BCUT2D eigenvalue weighted by Crippen LogP contribution is 2.40. The van der Waals surface area contributed by atoms with Gasteiger partial charge in [0.15, 0.2) is 0 Å². The van der Waals surface area contributed by atoms with E-state index in [0.29, 0.717) is 0 Å². The highest BCUT2D eigenvalue weighted by Gasteiger charge is 2.28. The van der Waals surface area contributed by atoms with Gasteiger partial charge in [-0.2, -0.15) is 0 Å². The number of thiophene rings is 1. The fraction of sp³-hybridized carbons (Fsp3) is 0.419. The number of anilines is 1. The number of hydrogen-bond donors (Lipinski definition) is 0. The van der Waals surface area contributed by atoms with Gasteiger partial charge in [-0.05, 0) is 61.3 Å². The molecule has 1 fully saturated rings. The maximum Gasteiger partial charge on any atom is 0.141 e. The minimum atomic E-state index is 0.757. The van der Waals surface area contributed by atoms with Crippen molar-refractivity contribution in [1.29, 1.82) is 0 Å². The summed E-state index contributed by atoms with van der Waals surface area (Å²) < 4.78 is 0. The summed E-state index contributed by atoms with van der Waals surface area (Å²) in [6.07, 6.45) is 6.65. The van der Waals surface area contributed by atoms with E-state index in [-0.39, 0.29) is 0 Å². The van der Waals surface area contributed by atoms with Gasteiger partial charge in [0.2, 0.25) is 0 Å². The Morgan fingerprint density at radius 3 is 2.31 bits per heavy atom. The lowest BCUT2D eigenvalue weighted by molar-refractivity contribution is 0.272. The number of nitrogens with zero attached hydrogens (tertiary/aromatic N) is 4. The Hall–Kier alpha value is -2.76. The molecule has 186 valence electrons. The summed E-state index contributed by atoms with van der Waals surface area (Å²) >= 11 is 1.92. The molecule has 0 aliphatic carbocycles. The van der Waals surface area contributed by atoms with Gasteiger partial charge in [-0.25, -0.2) is 9.97 Å². The topological polar surface area (TPSA) is 32.3 Å². The number of benzene rings is 2. The van der Waals surface area contributed by atoms with Gasteiger partial charge in [-0.3, -0.25) is 4.90 Å². The number of aromatic nitrogens is 2. The molecule has 0 atom stereocenters. The van der Waals surface area contributed by atoms with E-state index in [1.807, 2.05) is 11.3 Å².